The molecule has 1 heterocycles. The lowest BCUT2D eigenvalue weighted by atomic mass is 9.43. The Bertz CT molecular complexity index is 9160. The van der Waals surface area contributed by atoms with Crippen LogP contribution in [-0.2, 0) is 16.2 Å². The number of benzene rings is 21. The first kappa shape index (κ1) is 87.6. The van der Waals surface area contributed by atoms with Gasteiger partial charge in [0.05, 0.1) is 17.1 Å². The van der Waals surface area contributed by atoms with Crippen LogP contribution in [0.1, 0.15) is 130 Å². The van der Waals surface area contributed by atoms with Gasteiger partial charge in [0, 0.05) is 86.7 Å². The number of hydrogen-bond donors (Lipinski definition) is 0. The van der Waals surface area contributed by atoms with Crippen LogP contribution in [0.2, 0.25) is 0 Å². The molecule has 0 radical (unpaired) electrons. The Morgan fingerprint density at radius 3 is 0.907 bits per heavy atom. The van der Waals surface area contributed by atoms with Gasteiger partial charge in [-0.1, -0.05) is 340 Å². The van der Waals surface area contributed by atoms with E-state index in [4.69, 9.17) is 0 Å². The first-order valence-corrected chi connectivity index (χ1v) is 56.8. The minimum Gasteiger partial charge on any atom is -0.310 e. The topological polar surface area (TPSA) is 9.72 Å². The van der Waals surface area contributed by atoms with Gasteiger partial charge in [0.1, 0.15) is 0 Å². The number of hydrogen-bond acceptors (Lipinski definition) is 4. The molecule has 0 atom stereocenters. The van der Waals surface area contributed by atoms with Crippen molar-refractivity contribution >= 4 is 137 Å². The molecule has 1 aromatic heterocycles. The molecule has 15 aliphatic rings. The lowest BCUT2D eigenvalue weighted by Crippen LogP contribution is -2.55. The van der Waals surface area contributed by atoms with Crippen molar-refractivity contribution in [1.29, 1.82) is 0 Å². The fraction of sp³-hybridized carbons (Fsp3) is 0.205. The summed E-state index contributed by atoms with van der Waals surface area (Å²) in [5, 5.41) is 15.4. The zero-order valence-electron chi connectivity index (χ0n) is 84.6. The van der Waals surface area contributed by atoms with Gasteiger partial charge >= 0.3 is 0 Å². The molecule has 150 heavy (non-hydrogen) atoms. The number of fused-ring (bicyclic) bond motifs is 17. The van der Waals surface area contributed by atoms with Crippen LogP contribution in [0.4, 0.5) is 51.2 Å². The normalized spacial score (nSPS) is 24.2. The van der Waals surface area contributed by atoms with Gasteiger partial charge in [-0.3, -0.25) is 0 Å². The molecule has 15 aliphatic carbocycles. The highest BCUT2D eigenvalue weighted by Crippen LogP contribution is 2.74. The highest BCUT2D eigenvalue weighted by Gasteiger charge is 2.65. The lowest BCUT2D eigenvalue weighted by Gasteiger charge is -2.61. The molecule has 0 unspecified atom stereocenters. The van der Waals surface area contributed by atoms with Gasteiger partial charge in [-0.05, 0) is 420 Å². The van der Waals surface area contributed by atoms with Crippen LogP contribution in [0.3, 0.4) is 0 Å². The van der Waals surface area contributed by atoms with Gasteiger partial charge in [-0.25, -0.2) is 0 Å². The molecular formula is C146H117N3S. The number of thiophene rings is 1. The Kier molecular flexibility index (Phi) is 20.0. The summed E-state index contributed by atoms with van der Waals surface area (Å²) in [5.41, 5.74) is 37.3. The molecule has 4 heteroatoms. The van der Waals surface area contributed by atoms with Crippen molar-refractivity contribution in [2.75, 3.05) is 14.7 Å². The molecule has 0 saturated heterocycles. The molecule has 0 N–H and O–H groups in total. The summed E-state index contributed by atoms with van der Waals surface area (Å²) in [7, 11) is 0. The minimum atomic E-state index is 0.177. The van der Waals surface area contributed by atoms with Crippen LogP contribution in [-0.4, -0.2) is 0 Å². The van der Waals surface area contributed by atoms with E-state index in [2.05, 4.69) is 470 Å². The third-order valence-corrected chi connectivity index (χ3v) is 40.8. The molecule has 22 aromatic rings. The summed E-state index contributed by atoms with van der Waals surface area (Å²) >= 11 is 1.88. The standard InChI is InChI=1S/C50H39NS.2C48H39N/c1-2-10-40-34(8-1)9-7-14-47(40)51(38-19-16-33(17-20-38)35-18-23-49-44(29-35)42-12-4-6-15-48(42)52-49)39-21-22-46-43(30-39)41-11-3-5-13-45(41)50(46)36-25-31-24-32(27-36)28-37(50)26-31;1-3-16-40-33(10-1)12-8-19-41(40)35-14-7-15-38(29-35)49(47-21-9-13-34-11-2-4-17-42(34)47)39-22-23-46-44(30-39)43-18-5-6-20-45(43)48(46)36-25-31-24-32(27-36)28-37(48)26-31;1-2-11-35-28-37(20-19-33(35)9-1)36-13-7-14-40(29-36)49(47-18-8-12-34-10-3-4-15-42(34)47)41-21-22-46-44(30-41)43-16-5-6-17-45(43)48(46)38-24-31-23-32(26-38)27-39(48)25-31/h1-23,29-32,36-37H,24-28H2;1-23,29-32,36-37H,24-28H2;1-22,28-32,38-39H,23-27H2. The summed E-state index contributed by atoms with van der Waals surface area (Å²) in [6, 6.07) is 172. The second-order valence-electron chi connectivity index (χ2n) is 46.9. The van der Waals surface area contributed by atoms with E-state index in [1.165, 1.54) is 288 Å². The molecule has 12 saturated carbocycles. The van der Waals surface area contributed by atoms with E-state index in [1.54, 1.807) is 33.4 Å². The van der Waals surface area contributed by atoms with Crippen molar-refractivity contribution in [2.45, 2.75) is 113 Å². The summed E-state index contributed by atoms with van der Waals surface area (Å²) in [4.78, 5) is 7.53. The van der Waals surface area contributed by atoms with Crippen molar-refractivity contribution in [3.05, 3.63) is 488 Å². The Morgan fingerprint density at radius 2 is 0.453 bits per heavy atom. The van der Waals surface area contributed by atoms with Gasteiger partial charge in [-0.15, -0.1) is 11.3 Å². The Balaban J connectivity index is 0.0000000993. The highest BCUT2D eigenvalue weighted by molar-refractivity contribution is 7.25. The Hall–Kier alpha value is -15.5. The molecule has 0 amide bonds. The molecule has 21 aromatic carbocycles. The van der Waals surface area contributed by atoms with Crippen LogP contribution in [0.5, 0.6) is 0 Å². The third kappa shape index (κ3) is 13.3. The van der Waals surface area contributed by atoms with E-state index in [1.807, 2.05) is 11.3 Å². The third-order valence-electron chi connectivity index (χ3n) is 39.6. The maximum absolute atomic E-state index is 2.56. The van der Waals surface area contributed by atoms with Gasteiger partial charge in [0.2, 0.25) is 0 Å². The molecule has 12 fully saturated rings. The lowest BCUT2D eigenvalue weighted by molar-refractivity contribution is -0.0399. The van der Waals surface area contributed by atoms with Crippen molar-refractivity contribution < 1.29 is 0 Å². The maximum atomic E-state index is 2.56. The first-order valence-electron chi connectivity index (χ1n) is 56.0. The van der Waals surface area contributed by atoms with Crippen molar-refractivity contribution in [1.82, 2.24) is 0 Å². The van der Waals surface area contributed by atoms with E-state index in [0.717, 1.165) is 71.0 Å². The molecule has 0 aliphatic heterocycles. The van der Waals surface area contributed by atoms with Crippen LogP contribution < -0.4 is 14.7 Å². The van der Waals surface area contributed by atoms with Gasteiger partial charge in [-0.2, -0.15) is 0 Å². The fourth-order valence-corrected chi connectivity index (χ4v) is 35.6. The highest BCUT2D eigenvalue weighted by atomic mass is 32.1. The second kappa shape index (κ2) is 34.3. The summed E-state index contributed by atoms with van der Waals surface area (Å²) in [6.45, 7) is 0. The molecule has 12 bridgehead atoms. The molecule has 37 rings (SSSR count). The number of anilines is 9. The van der Waals surface area contributed by atoms with Gasteiger partial charge in [0.25, 0.3) is 0 Å². The van der Waals surface area contributed by atoms with Crippen LogP contribution in [0.25, 0.3) is 141 Å². The Labute approximate surface area is 883 Å². The van der Waals surface area contributed by atoms with E-state index < -0.39 is 0 Å². The largest absolute Gasteiger partial charge is 0.310 e. The zero-order valence-corrected chi connectivity index (χ0v) is 85.4. The van der Waals surface area contributed by atoms with E-state index in [-0.39, 0.29) is 16.2 Å². The molecule has 3 nitrogen and oxygen atoms in total. The summed E-state index contributed by atoms with van der Waals surface area (Å²) < 4.78 is 2.69. The quantitative estimate of drug-likeness (QED) is 0.121. The fourth-order valence-electron chi connectivity index (χ4n) is 34.5. The smallest absolute Gasteiger partial charge is 0.0540 e. The van der Waals surface area contributed by atoms with Crippen molar-refractivity contribution in [3.63, 3.8) is 0 Å². The van der Waals surface area contributed by atoms with E-state index in [9.17, 15) is 0 Å². The predicted molar refractivity (Wildman–Crippen MR) is 630 cm³/mol. The minimum absolute atomic E-state index is 0.177. The average molecular weight is 1950 g/mol. The maximum Gasteiger partial charge on any atom is 0.0540 e. The molecular weight excluding hydrogens is 1830 g/mol. The zero-order chi connectivity index (χ0) is 98.2. The summed E-state index contributed by atoms with van der Waals surface area (Å²) in [5.74, 6) is 10.3. The van der Waals surface area contributed by atoms with Gasteiger partial charge < -0.3 is 14.7 Å². The molecule has 3 spiro atoms. The SMILES string of the molecule is c1cc(-c2ccc3ccccc3c2)cc(N(c2ccc3c(c2)-c2ccccc2C32C3CC4CC(C3)CC2C4)c2cccc3ccccc23)c1.c1cc(-c2cccc3ccccc23)cc(N(c2ccc3c(c2)-c2ccccc2C32C3CC4CC(C3)CC2C4)c2cccc3ccccc23)c1.c1ccc2c(c1)-c1cc(N(c3ccc(-c4ccc5sc6ccccc6c5c4)cc3)c3cccc4ccccc34)ccc1C21C2CC3CC(C2)CC1C3. The Morgan fingerprint density at radius 1 is 0.160 bits per heavy atom. The average Bonchev–Trinajstić information content (AvgIpc) is 1.49. The predicted octanol–water partition coefficient (Wildman–Crippen LogP) is 39.8. The van der Waals surface area contributed by atoms with Crippen LogP contribution >= 0.6 is 11.3 Å². The summed E-state index contributed by atoms with van der Waals surface area (Å²) in [6.07, 6.45) is 21.3. The van der Waals surface area contributed by atoms with Crippen LogP contribution in [0.15, 0.2) is 455 Å². The first-order chi connectivity index (χ1) is 74.2. The number of nitrogens with zero attached hydrogens (tertiary/aromatic N) is 3. The van der Waals surface area contributed by atoms with Crippen LogP contribution in [0, 0.1) is 71.0 Å². The van der Waals surface area contributed by atoms with E-state index >= 15 is 0 Å². The van der Waals surface area contributed by atoms with E-state index in [0.29, 0.717) is 0 Å². The van der Waals surface area contributed by atoms with Crippen molar-refractivity contribution in [2.24, 2.45) is 71.0 Å². The van der Waals surface area contributed by atoms with Crippen molar-refractivity contribution in [3.8, 4) is 66.8 Å². The van der Waals surface area contributed by atoms with Gasteiger partial charge in [0.15, 0.2) is 0 Å². The second-order valence-corrected chi connectivity index (χ2v) is 48.0. The monoisotopic (exact) mass is 1940 g/mol. The molecule has 722 valence electrons. The number of rotatable bonds is 12.